The fraction of sp³-hybridized carbons (Fsp3) is 0.133. The van der Waals surface area contributed by atoms with Crippen molar-refractivity contribution in [2.45, 2.75) is 13.3 Å². The Hall–Kier alpha value is -2.40. The Kier molecular flexibility index (Phi) is 4.55. The number of pyridine rings is 1. The normalized spacial score (nSPS) is 10.2. The molecule has 0 saturated carbocycles. The number of nitrogens with zero attached hydrogens (tertiary/aromatic N) is 1. The summed E-state index contributed by atoms with van der Waals surface area (Å²) in [7, 11) is 0. The van der Waals surface area contributed by atoms with Crippen LogP contribution in [0.2, 0.25) is 5.02 Å². The molecule has 0 aliphatic carbocycles. The summed E-state index contributed by atoms with van der Waals surface area (Å²) >= 11 is 5.85. The minimum Gasteiger partial charge on any atom is -0.478 e. The van der Waals surface area contributed by atoms with Crippen LogP contribution in [0.15, 0.2) is 36.5 Å². The fourth-order valence-electron chi connectivity index (χ4n) is 1.83. The van der Waals surface area contributed by atoms with E-state index in [9.17, 15) is 9.59 Å². The molecule has 0 unspecified atom stereocenters. The van der Waals surface area contributed by atoms with E-state index in [1.165, 1.54) is 18.2 Å². The topological polar surface area (TPSA) is 79.3 Å². The lowest BCUT2D eigenvalue weighted by Gasteiger charge is -2.08. The van der Waals surface area contributed by atoms with Crippen LogP contribution >= 0.6 is 11.6 Å². The first-order chi connectivity index (χ1) is 9.97. The Labute approximate surface area is 126 Å². The van der Waals surface area contributed by atoms with E-state index in [0.29, 0.717) is 11.4 Å². The smallest absolute Gasteiger partial charge is 0.337 e. The summed E-state index contributed by atoms with van der Waals surface area (Å²) in [5.74, 6) is -1.35. The number of amides is 1. The Morgan fingerprint density at radius 3 is 2.71 bits per heavy atom. The Bertz CT molecular complexity index is 701. The molecule has 1 heterocycles. The quantitative estimate of drug-likeness (QED) is 0.910. The average molecular weight is 305 g/mol. The summed E-state index contributed by atoms with van der Waals surface area (Å²) in [6.45, 7) is 1.88. The van der Waals surface area contributed by atoms with Gasteiger partial charge < -0.3 is 10.4 Å². The van der Waals surface area contributed by atoms with Crippen molar-refractivity contribution < 1.29 is 14.7 Å². The fourth-order valence-corrected chi connectivity index (χ4v) is 2.09. The third-order valence-corrected chi connectivity index (χ3v) is 3.24. The molecule has 5 nitrogen and oxygen atoms in total. The van der Waals surface area contributed by atoms with Gasteiger partial charge in [-0.25, -0.2) is 4.79 Å². The number of anilines is 1. The molecule has 0 saturated heterocycles. The maximum absolute atomic E-state index is 12.0. The van der Waals surface area contributed by atoms with Crippen molar-refractivity contribution in [3.63, 3.8) is 0 Å². The molecule has 0 bridgehead atoms. The van der Waals surface area contributed by atoms with Gasteiger partial charge in [-0.3, -0.25) is 9.78 Å². The van der Waals surface area contributed by atoms with Gasteiger partial charge in [0.2, 0.25) is 5.91 Å². The largest absolute Gasteiger partial charge is 0.478 e. The zero-order valence-corrected chi connectivity index (χ0v) is 12.0. The number of aryl methyl sites for hydroxylation is 1. The summed E-state index contributed by atoms with van der Waals surface area (Å²) in [6, 6.07) is 7.95. The van der Waals surface area contributed by atoms with Crippen molar-refractivity contribution in [2.75, 3.05) is 5.32 Å². The number of hydrogen-bond donors (Lipinski definition) is 2. The lowest BCUT2D eigenvalue weighted by Crippen LogP contribution is -2.16. The molecule has 2 aromatic rings. The van der Waals surface area contributed by atoms with Crippen LogP contribution in [0.1, 0.15) is 21.6 Å². The lowest BCUT2D eigenvalue weighted by atomic mass is 10.1. The first-order valence-corrected chi connectivity index (χ1v) is 6.58. The first-order valence-electron chi connectivity index (χ1n) is 6.20. The van der Waals surface area contributed by atoms with E-state index in [1.54, 1.807) is 12.3 Å². The van der Waals surface area contributed by atoms with Crippen LogP contribution in [0, 0.1) is 6.92 Å². The molecule has 6 heteroatoms. The second kappa shape index (κ2) is 6.37. The van der Waals surface area contributed by atoms with Crippen molar-refractivity contribution in [3.8, 4) is 0 Å². The number of carboxylic acids is 1. The van der Waals surface area contributed by atoms with Gasteiger partial charge in [0, 0.05) is 11.9 Å². The third kappa shape index (κ3) is 3.79. The number of carboxylic acid groups (broad SMARTS) is 1. The van der Waals surface area contributed by atoms with E-state index in [2.05, 4.69) is 10.3 Å². The van der Waals surface area contributed by atoms with E-state index >= 15 is 0 Å². The molecular weight excluding hydrogens is 292 g/mol. The van der Waals surface area contributed by atoms with Crippen LogP contribution in [0.25, 0.3) is 0 Å². The summed E-state index contributed by atoms with van der Waals surface area (Å²) in [5.41, 5.74) is 2.08. The van der Waals surface area contributed by atoms with Crippen molar-refractivity contribution in [2.24, 2.45) is 0 Å². The molecule has 0 aliphatic heterocycles. The molecule has 1 aromatic carbocycles. The van der Waals surface area contributed by atoms with Crippen LogP contribution in [0.4, 0.5) is 5.69 Å². The maximum atomic E-state index is 12.0. The van der Waals surface area contributed by atoms with Gasteiger partial charge >= 0.3 is 5.97 Å². The molecular formula is C15H13ClN2O3. The molecule has 0 atom stereocenters. The van der Waals surface area contributed by atoms with Crippen LogP contribution in [-0.2, 0) is 11.2 Å². The lowest BCUT2D eigenvalue weighted by molar-refractivity contribution is -0.115. The zero-order valence-electron chi connectivity index (χ0n) is 11.3. The minimum absolute atomic E-state index is 0.00441. The van der Waals surface area contributed by atoms with Crippen LogP contribution in [0.5, 0.6) is 0 Å². The summed E-state index contributed by atoms with van der Waals surface area (Å²) in [4.78, 5) is 27.0. The van der Waals surface area contributed by atoms with Gasteiger partial charge in [0.05, 0.1) is 22.7 Å². The molecule has 0 spiro atoms. The van der Waals surface area contributed by atoms with E-state index in [4.69, 9.17) is 16.7 Å². The van der Waals surface area contributed by atoms with Crippen molar-refractivity contribution >= 4 is 29.2 Å². The molecule has 2 N–H and O–H groups in total. The highest BCUT2D eigenvalue weighted by Gasteiger charge is 2.11. The average Bonchev–Trinajstić information content (AvgIpc) is 2.41. The van der Waals surface area contributed by atoms with E-state index < -0.39 is 5.97 Å². The van der Waals surface area contributed by atoms with E-state index in [1.807, 2.05) is 13.0 Å². The van der Waals surface area contributed by atoms with Gasteiger partial charge in [0.15, 0.2) is 0 Å². The van der Waals surface area contributed by atoms with Crippen LogP contribution in [-0.4, -0.2) is 22.0 Å². The Morgan fingerprint density at radius 1 is 1.33 bits per heavy atom. The number of aromatic nitrogens is 1. The molecule has 21 heavy (non-hydrogen) atoms. The molecule has 0 aliphatic rings. The standard InChI is InChI=1S/C15H13ClN2O3/c1-9-3-2-6-17-13(9)8-14(19)18-10-4-5-11(15(20)21)12(16)7-10/h2-7H,8H2,1H3,(H,18,19)(H,20,21). The van der Waals surface area contributed by atoms with Gasteiger partial charge in [0.1, 0.15) is 0 Å². The third-order valence-electron chi connectivity index (χ3n) is 2.93. The van der Waals surface area contributed by atoms with Crippen molar-refractivity contribution in [3.05, 3.63) is 58.4 Å². The highest BCUT2D eigenvalue weighted by atomic mass is 35.5. The molecule has 0 radical (unpaired) electrons. The molecule has 0 fully saturated rings. The Balaban J connectivity index is 2.08. The highest BCUT2D eigenvalue weighted by molar-refractivity contribution is 6.33. The number of benzene rings is 1. The van der Waals surface area contributed by atoms with Gasteiger partial charge in [-0.15, -0.1) is 0 Å². The van der Waals surface area contributed by atoms with E-state index in [0.717, 1.165) is 5.56 Å². The Morgan fingerprint density at radius 2 is 2.10 bits per heavy atom. The SMILES string of the molecule is Cc1cccnc1CC(=O)Nc1ccc(C(=O)O)c(Cl)c1. The number of carbonyl (C=O) groups is 2. The number of aromatic carboxylic acids is 1. The molecule has 108 valence electrons. The second-order valence-electron chi connectivity index (χ2n) is 4.49. The summed E-state index contributed by atoms with van der Waals surface area (Å²) in [5, 5.41) is 11.6. The maximum Gasteiger partial charge on any atom is 0.337 e. The number of nitrogens with one attached hydrogen (secondary N) is 1. The molecule has 1 aromatic heterocycles. The second-order valence-corrected chi connectivity index (χ2v) is 4.90. The number of halogens is 1. The number of rotatable bonds is 4. The van der Waals surface area contributed by atoms with Gasteiger partial charge in [-0.1, -0.05) is 17.7 Å². The predicted octanol–water partition coefficient (Wildman–Crippen LogP) is 2.92. The van der Waals surface area contributed by atoms with Gasteiger partial charge in [-0.05, 0) is 36.8 Å². The van der Waals surface area contributed by atoms with Gasteiger partial charge in [0.25, 0.3) is 0 Å². The molecule has 1 amide bonds. The first kappa shape index (κ1) is 15.0. The zero-order chi connectivity index (χ0) is 15.4. The number of carbonyl (C=O) groups excluding carboxylic acids is 1. The van der Waals surface area contributed by atoms with E-state index in [-0.39, 0.29) is 22.9 Å². The molecule has 2 rings (SSSR count). The van der Waals surface area contributed by atoms with Crippen LogP contribution < -0.4 is 5.32 Å². The monoisotopic (exact) mass is 304 g/mol. The highest BCUT2D eigenvalue weighted by Crippen LogP contribution is 2.21. The minimum atomic E-state index is -1.11. The van der Waals surface area contributed by atoms with Crippen LogP contribution in [0.3, 0.4) is 0 Å². The van der Waals surface area contributed by atoms with Gasteiger partial charge in [-0.2, -0.15) is 0 Å². The summed E-state index contributed by atoms with van der Waals surface area (Å²) in [6.07, 6.45) is 1.78. The number of hydrogen-bond acceptors (Lipinski definition) is 3. The summed E-state index contributed by atoms with van der Waals surface area (Å²) < 4.78 is 0. The van der Waals surface area contributed by atoms with Crippen molar-refractivity contribution in [1.29, 1.82) is 0 Å². The van der Waals surface area contributed by atoms with Crippen molar-refractivity contribution in [1.82, 2.24) is 4.98 Å². The predicted molar refractivity (Wildman–Crippen MR) is 79.7 cm³/mol.